The Hall–Kier alpha value is -1.62. The highest BCUT2D eigenvalue weighted by molar-refractivity contribution is 6.31. The van der Waals surface area contributed by atoms with Crippen LogP contribution >= 0.6 is 11.6 Å². The van der Waals surface area contributed by atoms with Crippen molar-refractivity contribution >= 4 is 23.5 Å². The van der Waals surface area contributed by atoms with E-state index < -0.39 is 16.4 Å². The predicted molar refractivity (Wildman–Crippen MR) is 72.0 cm³/mol. The summed E-state index contributed by atoms with van der Waals surface area (Å²) in [4.78, 5) is 14.4. The van der Waals surface area contributed by atoms with Gasteiger partial charge in [-0.15, -0.1) is 0 Å². The van der Waals surface area contributed by atoms with Gasteiger partial charge >= 0.3 is 0 Å². The van der Waals surface area contributed by atoms with Crippen LogP contribution in [-0.4, -0.2) is 17.2 Å². The summed E-state index contributed by atoms with van der Waals surface area (Å²) in [5.74, 6) is -0.631. The van der Waals surface area contributed by atoms with Crippen LogP contribution in [0.25, 0.3) is 0 Å². The first-order chi connectivity index (χ1) is 9.08. The molecule has 0 radical (unpaired) electrons. The van der Waals surface area contributed by atoms with E-state index in [1.165, 1.54) is 18.7 Å². The first kappa shape index (κ1) is 13.8. The van der Waals surface area contributed by atoms with Gasteiger partial charge in [0.25, 0.3) is 5.69 Å². The number of benzene rings is 1. The third kappa shape index (κ3) is 3.44. The number of aliphatic imine (C=N–C) groups is 1. The molecule has 1 aromatic rings. The zero-order valence-electron chi connectivity index (χ0n) is 10.3. The molecule has 0 aliphatic heterocycles. The second-order valence-electron chi connectivity index (χ2n) is 4.67. The lowest BCUT2D eigenvalue weighted by molar-refractivity contribution is -0.398. The predicted octanol–water partition coefficient (Wildman–Crippen LogP) is 3.07. The van der Waals surface area contributed by atoms with Crippen LogP contribution in [0.3, 0.4) is 0 Å². The van der Waals surface area contributed by atoms with Gasteiger partial charge in [0.05, 0.1) is 4.92 Å². The zero-order chi connectivity index (χ0) is 13.8. The lowest BCUT2D eigenvalue weighted by Gasteiger charge is -2.18. The van der Waals surface area contributed by atoms with Gasteiger partial charge in [-0.2, -0.15) is 0 Å². The van der Waals surface area contributed by atoms with Gasteiger partial charge in [0.2, 0.25) is 0 Å². The quantitative estimate of drug-likeness (QED) is 0.485. The van der Waals surface area contributed by atoms with E-state index in [9.17, 15) is 15.2 Å². The number of nitro benzene ring substituents is 1. The van der Waals surface area contributed by atoms with Crippen molar-refractivity contribution in [3.05, 3.63) is 32.8 Å². The lowest BCUT2D eigenvalue weighted by Crippen LogP contribution is -2.10. The Morgan fingerprint density at radius 1 is 1.32 bits per heavy atom. The Balaban J connectivity index is 2.24. The zero-order valence-corrected chi connectivity index (χ0v) is 11.1. The van der Waals surface area contributed by atoms with Crippen LogP contribution in [0, 0.1) is 10.1 Å². The van der Waals surface area contributed by atoms with Gasteiger partial charge in [-0.05, 0) is 30.2 Å². The molecule has 5 nitrogen and oxygen atoms in total. The molecule has 0 aromatic heterocycles. The minimum atomic E-state index is -0.716. The Labute approximate surface area is 116 Å². The van der Waals surface area contributed by atoms with E-state index in [2.05, 4.69) is 4.99 Å². The van der Waals surface area contributed by atoms with E-state index in [0.29, 0.717) is 0 Å². The number of nitro groups is 1. The molecule has 19 heavy (non-hydrogen) atoms. The molecule has 1 aliphatic carbocycles. The second-order valence-corrected chi connectivity index (χ2v) is 5.11. The van der Waals surface area contributed by atoms with Crippen molar-refractivity contribution in [2.24, 2.45) is 4.99 Å². The van der Waals surface area contributed by atoms with Gasteiger partial charge in [-0.25, -0.2) is 0 Å². The molecule has 1 fully saturated rings. The van der Waals surface area contributed by atoms with E-state index >= 15 is 0 Å². The Bertz CT molecular complexity index is 511. The highest BCUT2D eigenvalue weighted by atomic mass is 35.5. The summed E-state index contributed by atoms with van der Waals surface area (Å²) in [6, 6.07) is 2.71. The fourth-order valence-electron chi connectivity index (χ4n) is 2.25. The first-order valence-corrected chi connectivity index (χ1v) is 6.64. The van der Waals surface area contributed by atoms with Gasteiger partial charge < -0.3 is 5.11 Å². The normalized spacial score (nSPS) is 16.9. The molecular weight excluding hydrogens is 268 g/mol. The van der Waals surface area contributed by atoms with Gasteiger partial charge in [0.15, 0.2) is 0 Å². The number of nitrogens with zero attached hydrogens (tertiary/aromatic N) is 2. The molecule has 0 N–H and O–H groups in total. The molecule has 102 valence electrons. The van der Waals surface area contributed by atoms with Crippen LogP contribution in [0.2, 0.25) is 5.02 Å². The van der Waals surface area contributed by atoms with Crippen LogP contribution < -0.4 is 5.11 Å². The third-order valence-corrected chi connectivity index (χ3v) is 3.48. The van der Waals surface area contributed by atoms with Crippen molar-refractivity contribution < 1.29 is 10.0 Å². The maximum absolute atomic E-state index is 11.8. The molecule has 0 atom stereocenters. The standard InChI is InChI=1S/C13H15ClN2O3/c14-10-6-9(13(17)12(7-10)16(18)19)8-15-11-4-2-1-3-5-11/h6-8,11,17H,1-5H2/p-1. The molecule has 1 aromatic carbocycles. The SMILES string of the molecule is O=[N+]([O-])c1cc(Cl)cc(C=NC2CCCCC2)c1[O-]. The van der Waals surface area contributed by atoms with E-state index in [-0.39, 0.29) is 16.6 Å². The summed E-state index contributed by atoms with van der Waals surface area (Å²) in [5.41, 5.74) is -0.317. The Morgan fingerprint density at radius 2 is 2.00 bits per heavy atom. The summed E-state index contributed by atoms with van der Waals surface area (Å²) in [6.45, 7) is 0. The Kier molecular flexibility index (Phi) is 4.37. The van der Waals surface area contributed by atoms with Crippen molar-refractivity contribution in [1.29, 1.82) is 0 Å². The molecule has 1 aliphatic rings. The molecule has 1 saturated carbocycles. The summed E-state index contributed by atoms with van der Waals surface area (Å²) in [7, 11) is 0. The fraction of sp³-hybridized carbons (Fsp3) is 0.462. The minimum absolute atomic E-state index is 0.177. The monoisotopic (exact) mass is 281 g/mol. The minimum Gasteiger partial charge on any atom is -0.867 e. The molecule has 0 heterocycles. The van der Waals surface area contributed by atoms with Crippen molar-refractivity contribution in [2.75, 3.05) is 0 Å². The maximum Gasteiger partial charge on any atom is 0.263 e. The number of hydrogen-bond donors (Lipinski definition) is 0. The topological polar surface area (TPSA) is 78.6 Å². The average molecular weight is 282 g/mol. The van der Waals surface area contributed by atoms with E-state index in [1.54, 1.807) is 0 Å². The molecular formula is C13H14ClN2O3-. The van der Waals surface area contributed by atoms with Crippen molar-refractivity contribution in [1.82, 2.24) is 0 Å². The van der Waals surface area contributed by atoms with Crippen molar-refractivity contribution in [2.45, 2.75) is 38.1 Å². The molecule has 0 amide bonds. The van der Waals surface area contributed by atoms with E-state index in [0.717, 1.165) is 31.7 Å². The van der Waals surface area contributed by atoms with E-state index in [1.807, 2.05) is 0 Å². The maximum atomic E-state index is 11.8. The highest BCUT2D eigenvalue weighted by Gasteiger charge is 2.13. The van der Waals surface area contributed by atoms with Crippen molar-refractivity contribution in [3.8, 4) is 5.75 Å². The lowest BCUT2D eigenvalue weighted by atomic mass is 9.96. The van der Waals surface area contributed by atoms with Crippen LogP contribution in [0.1, 0.15) is 37.7 Å². The summed E-state index contributed by atoms with van der Waals surface area (Å²) in [6.07, 6.45) is 6.95. The highest BCUT2D eigenvalue weighted by Crippen LogP contribution is 2.30. The van der Waals surface area contributed by atoms with Crippen LogP contribution in [0.4, 0.5) is 5.69 Å². The summed E-state index contributed by atoms with van der Waals surface area (Å²) < 4.78 is 0. The molecule has 0 spiro atoms. The summed E-state index contributed by atoms with van der Waals surface area (Å²) >= 11 is 5.78. The summed E-state index contributed by atoms with van der Waals surface area (Å²) in [5, 5.41) is 22.8. The largest absolute Gasteiger partial charge is 0.867 e. The van der Waals surface area contributed by atoms with Crippen LogP contribution in [0.5, 0.6) is 5.75 Å². The van der Waals surface area contributed by atoms with Gasteiger partial charge in [-0.3, -0.25) is 15.1 Å². The number of halogens is 1. The van der Waals surface area contributed by atoms with Crippen LogP contribution in [0.15, 0.2) is 17.1 Å². The van der Waals surface area contributed by atoms with Gasteiger partial charge in [0, 0.05) is 23.3 Å². The number of hydrogen-bond acceptors (Lipinski definition) is 4. The third-order valence-electron chi connectivity index (χ3n) is 3.26. The fourth-order valence-corrected chi connectivity index (χ4v) is 2.47. The smallest absolute Gasteiger partial charge is 0.263 e. The Morgan fingerprint density at radius 3 is 2.63 bits per heavy atom. The number of rotatable bonds is 3. The van der Waals surface area contributed by atoms with Crippen molar-refractivity contribution in [3.63, 3.8) is 0 Å². The van der Waals surface area contributed by atoms with Gasteiger partial charge in [-0.1, -0.05) is 30.9 Å². The molecule has 0 unspecified atom stereocenters. The van der Waals surface area contributed by atoms with Crippen LogP contribution in [-0.2, 0) is 0 Å². The first-order valence-electron chi connectivity index (χ1n) is 6.26. The average Bonchev–Trinajstić information content (AvgIpc) is 2.40. The molecule has 2 rings (SSSR count). The molecule has 0 bridgehead atoms. The molecule has 6 heteroatoms. The molecule has 0 saturated heterocycles. The van der Waals surface area contributed by atoms with E-state index in [4.69, 9.17) is 11.6 Å². The second kappa shape index (κ2) is 6.02. The van der Waals surface area contributed by atoms with Gasteiger partial charge in [0.1, 0.15) is 0 Å².